The van der Waals surface area contributed by atoms with Gasteiger partial charge in [-0.05, 0) is 24.0 Å². The summed E-state index contributed by atoms with van der Waals surface area (Å²) in [4.78, 5) is 49.9. The van der Waals surface area contributed by atoms with Gasteiger partial charge in [0.15, 0.2) is 17.7 Å². The predicted molar refractivity (Wildman–Crippen MR) is 163 cm³/mol. The molecule has 1 saturated heterocycles. The number of nitrogens with two attached hydrogens (primary N) is 1. The Morgan fingerprint density at radius 3 is 1.98 bits per heavy atom. The molecule has 0 amide bonds. The summed E-state index contributed by atoms with van der Waals surface area (Å²) in [5.74, 6) is 0.119. The number of nitrogens with zero attached hydrogens (tertiary/aromatic N) is 4. The summed E-state index contributed by atoms with van der Waals surface area (Å²) in [6.07, 6.45) is -0.358. The van der Waals surface area contributed by atoms with Crippen molar-refractivity contribution in [1.82, 2.24) is 19.5 Å². The number of nitrogen functional groups attached to an aromatic ring is 1. The number of hydrogen-bond donors (Lipinski definition) is 5. The molecule has 2 aromatic heterocycles. The SMILES string of the molecule is Nc1ncnc2c1ncn2[C@H]1O[C@H](COP(=O)(O)OP(=O)(O)OP(=O)(O)O)[C@@H](OCCc2ccccc2)[C@H]1OCCc1ccccc1. The van der Waals surface area contributed by atoms with Crippen molar-refractivity contribution in [3.8, 4) is 0 Å². The Morgan fingerprint density at radius 1 is 0.787 bits per heavy atom. The number of hydrogen-bond acceptors (Lipinski definition) is 13. The minimum absolute atomic E-state index is 0.119. The van der Waals surface area contributed by atoms with E-state index in [4.69, 9.17) is 34.3 Å². The average Bonchev–Trinajstić information content (AvgIpc) is 3.57. The molecule has 1 fully saturated rings. The van der Waals surface area contributed by atoms with Gasteiger partial charge in [0.25, 0.3) is 0 Å². The molecule has 1 aliphatic rings. The standard InChI is InChI=1S/C26H32N5O13P3/c27-24-21-25(29-16-28-24)31(17-30-21)26-23(40-14-12-19-9-5-2-6-10-19)22(39-13-11-18-7-3-1-4-8-18)20(42-26)15-41-46(35,36)44-47(37,38)43-45(32,33)34/h1-10,16-17,20,22-23,26H,11-15H2,(H,35,36)(H,37,38)(H2,27,28,29)(H2,32,33,34)/t20-,22-,23-,26+/m1/s1. The van der Waals surface area contributed by atoms with Crippen molar-refractivity contribution in [2.75, 3.05) is 25.6 Å². The Hall–Kier alpha value is -2.92. The van der Waals surface area contributed by atoms with Crippen LogP contribution in [-0.4, -0.2) is 77.2 Å². The first kappa shape index (κ1) is 35.4. The van der Waals surface area contributed by atoms with Crippen LogP contribution in [0.1, 0.15) is 17.4 Å². The summed E-state index contributed by atoms with van der Waals surface area (Å²) >= 11 is 0. The van der Waals surface area contributed by atoms with Crippen LogP contribution < -0.4 is 5.73 Å². The Balaban J connectivity index is 1.41. The van der Waals surface area contributed by atoms with E-state index in [1.54, 1.807) is 4.57 Å². The largest absolute Gasteiger partial charge is 0.490 e. The zero-order chi connectivity index (χ0) is 33.7. The summed E-state index contributed by atoms with van der Waals surface area (Å²) in [5, 5.41) is 0. The predicted octanol–water partition coefficient (Wildman–Crippen LogP) is 2.91. The van der Waals surface area contributed by atoms with Crippen LogP contribution in [0.5, 0.6) is 0 Å². The molecule has 5 rings (SSSR count). The normalized spacial score (nSPS) is 22.6. The van der Waals surface area contributed by atoms with Gasteiger partial charge >= 0.3 is 23.5 Å². The zero-order valence-corrected chi connectivity index (χ0v) is 27.1. The second kappa shape index (κ2) is 15.1. The number of aromatic nitrogens is 4. The third kappa shape index (κ3) is 9.81. The molecular formula is C26H32N5O13P3. The highest BCUT2D eigenvalue weighted by Crippen LogP contribution is 2.66. The highest BCUT2D eigenvalue weighted by Gasteiger charge is 2.49. The fourth-order valence-corrected chi connectivity index (χ4v) is 7.92. The van der Waals surface area contributed by atoms with E-state index in [0.717, 1.165) is 11.1 Å². The molecule has 0 spiro atoms. The maximum atomic E-state index is 12.6. The Bertz CT molecular complexity index is 1780. The van der Waals surface area contributed by atoms with E-state index in [1.165, 1.54) is 12.7 Å². The first-order chi connectivity index (χ1) is 22.3. The molecule has 3 heterocycles. The minimum Gasteiger partial charge on any atom is -0.382 e. The molecule has 1 aliphatic heterocycles. The van der Waals surface area contributed by atoms with Gasteiger partial charge in [-0.3, -0.25) is 9.09 Å². The van der Waals surface area contributed by atoms with Crippen LogP contribution >= 0.6 is 23.5 Å². The number of phosphoric acid groups is 3. The quantitative estimate of drug-likeness (QED) is 0.104. The second-order valence-electron chi connectivity index (χ2n) is 10.2. The van der Waals surface area contributed by atoms with Gasteiger partial charge in [-0.2, -0.15) is 8.62 Å². The average molecular weight is 715 g/mol. The fourth-order valence-electron chi connectivity index (χ4n) is 4.89. The van der Waals surface area contributed by atoms with Crippen molar-refractivity contribution in [2.45, 2.75) is 37.4 Å². The number of anilines is 1. The first-order valence-electron chi connectivity index (χ1n) is 14.0. The third-order valence-electron chi connectivity index (χ3n) is 6.85. The van der Waals surface area contributed by atoms with Gasteiger partial charge in [-0.25, -0.2) is 28.6 Å². The number of benzene rings is 2. The van der Waals surface area contributed by atoms with Gasteiger partial charge in [-0.1, -0.05) is 60.7 Å². The highest BCUT2D eigenvalue weighted by molar-refractivity contribution is 7.66. The third-order valence-corrected chi connectivity index (χ3v) is 10.7. The monoisotopic (exact) mass is 715 g/mol. The molecular weight excluding hydrogens is 683 g/mol. The molecule has 6 atom stereocenters. The van der Waals surface area contributed by atoms with Gasteiger partial charge in [0.2, 0.25) is 0 Å². The smallest absolute Gasteiger partial charge is 0.382 e. The molecule has 47 heavy (non-hydrogen) atoms. The summed E-state index contributed by atoms with van der Waals surface area (Å²) in [6, 6.07) is 19.0. The zero-order valence-electron chi connectivity index (χ0n) is 24.4. The van der Waals surface area contributed by atoms with Gasteiger partial charge in [0.05, 0.1) is 26.1 Å². The topological polar surface area (TPSA) is 257 Å². The molecule has 2 aromatic carbocycles. The van der Waals surface area contributed by atoms with Gasteiger partial charge in [-0.15, -0.1) is 0 Å². The van der Waals surface area contributed by atoms with Crippen LogP contribution in [0.4, 0.5) is 5.82 Å². The van der Waals surface area contributed by atoms with Gasteiger partial charge in [0.1, 0.15) is 30.2 Å². The second-order valence-corrected chi connectivity index (χ2v) is 14.6. The minimum atomic E-state index is -5.74. The number of phosphoric ester groups is 1. The van der Waals surface area contributed by atoms with Crippen LogP contribution in [0, 0.1) is 0 Å². The lowest BCUT2D eigenvalue weighted by Gasteiger charge is -2.25. The maximum absolute atomic E-state index is 12.6. The van der Waals surface area contributed by atoms with Gasteiger partial charge in [0, 0.05) is 0 Å². The molecule has 254 valence electrons. The summed E-state index contributed by atoms with van der Waals surface area (Å²) in [6.45, 7) is -0.396. The Labute approximate surface area is 267 Å². The molecule has 0 bridgehead atoms. The van der Waals surface area contributed by atoms with Crippen molar-refractivity contribution in [3.05, 3.63) is 84.4 Å². The van der Waals surface area contributed by atoms with Crippen LogP contribution in [0.2, 0.25) is 0 Å². The van der Waals surface area contributed by atoms with E-state index in [1.807, 2.05) is 60.7 Å². The number of imidazole rings is 1. The molecule has 0 aliphatic carbocycles. The summed E-state index contributed by atoms with van der Waals surface area (Å²) < 4.78 is 68.5. The first-order valence-corrected chi connectivity index (χ1v) is 18.5. The molecule has 21 heteroatoms. The summed E-state index contributed by atoms with van der Waals surface area (Å²) in [5.41, 5.74) is 8.56. The van der Waals surface area contributed by atoms with E-state index in [0.29, 0.717) is 18.5 Å². The molecule has 0 radical (unpaired) electrons. The van der Waals surface area contributed by atoms with E-state index in [-0.39, 0.29) is 24.5 Å². The fraction of sp³-hybridized carbons (Fsp3) is 0.346. The lowest BCUT2D eigenvalue weighted by Crippen LogP contribution is -2.39. The van der Waals surface area contributed by atoms with Crippen molar-refractivity contribution in [3.63, 3.8) is 0 Å². The molecule has 18 nitrogen and oxygen atoms in total. The highest BCUT2D eigenvalue weighted by atomic mass is 31.3. The van der Waals surface area contributed by atoms with E-state index in [2.05, 4.69) is 23.6 Å². The van der Waals surface area contributed by atoms with Crippen LogP contribution in [0.3, 0.4) is 0 Å². The van der Waals surface area contributed by atoms with E-state index in [9.17, 15) is 23.5 Å². The van der Waals surface area contributed by atoms with Crippen molar-refractivity contribution < 1.29 is 60.6 Å². The number of fused-ring (bicyclic) bond motifs is 1. The van der Waals surface area contributed by atoms with Crippen LogP contribution in [-0.2, 0) is 53.9 Å². The van der Waals surface area contributed by atoms with Crippen molar-refractivity contribution in [2.24, 2.45) is 0 Å². The number of ether oxygens (including phenoxy) is 3. The molecule has 2 unspecified atom stereocenters. The van der Waals surface area contributed by atoms with Crippen molar-refractivity contribution in [1.29, 1.82) is 0 Å². The molecule has 6 N–H and O–H groups in total. The summed E-state index contributed by atoms with van der Waals surface area (Å²) in [7, 11) is -16.8. The van der Waals surface area contributed by atoms with Gasteiger partial charge < -0.3 is 39.5 Å². The van der Waals surface area contributed by atoms with E-state index < -0.39 is 54.6 Å². The molecule has 0 saturated carbocycles. The lowest BCUT2D eigenvalue weighted by molar-refractivity contribution is -0.0775. The van der Waals surface area contributed by atoms with Crippen LogP contribution in [0.25, 0.3) is 11.2 Å². The Kier molecular flexibility index (Phi) is 11.4. The lowest BCUT2D eigenvalue weighted by atomic mass is 10.1. The number of rotatable bonds is 16. The Morgan fingerprint density at radius 2 is 1.38 bits per heavy atom. The maximum Gasteiger partial charge on any atom is 0.490 e. The van der Waals surface area contributed by atoms with E-state index >= 15 is 0 Å². The molecule has 4 aromatic rings. The van der Waals surface area contributed by atoms with Crippen LogP contribution in [0.15, 0.2) is 73.3 Å². The van der Waals surface area contributed by atoms with Crippen molar-refractivity contribution >= 4 is 40.4 Å².